The maximum absolute atomic E-state index is 12.0. The molecule has 118 valence electrons. The van der Waals surface area contributed by atoms with Gasteiger partial charge in [-0.05, 0) is 19.3 Å². The van der Waals surface area contributed by atoms with Crippen molar-refractivity contribution < 1.29 is 19.2 Å². The lowest BCUT2D eigenvalue weighted by atomic mass is 10.1. The molecular weight excluding hydrogens is 270 g/mol. The minimum atomic E-state index is -0.266. The molecule has 1 saturated carbocycles. The normalized spacial score (nSPS) is 21.2. The van der Waals surface area contributed by atoms with Gasteiger partial charge in [0.05, 0.1) is 7.11 Å². The van der Waals surface area contributed by atoms with Gasteiger partial charge in [0.25, 0.3) is 0 Å². The number of amides is 1. The largest absolute Gasteiger partial charge is 0.462 e. The molecule has 0 unspecified atom stereocenters. The lowest BCUT2D eigenvalue weighted by molar-refractivity contribution is -0.171. The minimum absolute atomic E-state index is 0.0662. The van der Waals surface area contributed by atoms with Crippen LogP contribution in [0.15, 0.2) is 25.3 Å². The Kier molecular flexibility index (Phi) is 7.15. The fourth-order valence-electron chi connectivity index (χ4n) is 2.33. The van der Waals surface area contributed by atoms with E-state index in [2.05, 4.69) is 13.2 Å². The standard InChI is InChI=1S/C16H25NO4/c1-5-7-8-10-15(18)21-14(9-6-2)12-11-13(12)16(19)17(3)20-4/h5-6,12-14H,1-2,7-11H2,3-4H3/t12-,13-,14+/m1/s1. The van der Waals surface area contributed by atoms with Crippen LogP contribution in [-0.4, -0.2) is 37.2 Å². The van der Waals surface area contributed by atoms with Crippen LogP contribution in [-0.2, 0) is 19.2 Å². The lowest BCUT2D eigenvalue weighted by Gasteiger charge is -2.18. The molecule has 0 aromatic heterocycles. The topological polar surface area (TPSA) is 55.8 Å². The molecule has 0 saturated heterocycles. The third kappa shape index (κ3) is 5.34. The summed E-state index contributed by atoms with van der Waals surface area (Å²) in [5.41, 5.74) is 0. The van der Waals surface area contributed by atoms with Crippen LogP contribution in [0.4, 0.5) is 0 Å². The molecule has 5 heteroatoms. The molecule has 0 aromatic carbocycles. The van der Waals surface area contributed by atoms with E-state index in [1.54, 1.807) is 19.2 Å². The number of rotatable bonds is 10. The molecule has 0 heterocycles. The van der Waals surface area contributed by atoms with Crippen molar-refractivity contribution in [1.82, 2.24) is 5.06 Å². The average molecular weight is 295 g/mol. The SMILES string of the molecule is C=CCCCC(=O)O[C@@H](CC=C)[C@@H]1C[C@H]1C(=O)N(C)OC. The molecule has 0 spiro atoms. The zero-order valence-corrected chi connectivity index (χ0v) is 12.9. The molecule has 0 aromatic rings. The molecule has 21 heavy (non-hydrogen) atoms. The van der Waals surface area contributed by atoms with E-state index in [-0.39, 0.29) is 29.8 Å². The van der Waals surface area contributed by atoms with E-state index in [0.29, 0.717) is 12.8 Å². The summed E-state index contributed by atoms with van der Waals surface area (Å²) in [6, 6.07) is 0. The van der Waals surface area contributed by atoms with Crippen LogP contribution in [0.2, 0.25) is 0 Å². The Labute approximate surface area is 126 Å². The van der Waals surface area contributed by atoms with Crippen molar-refractivity contribution >= 4 is 11.9 Å². The fraction of sp³-hybridized carbons (Fsp3) is 0.625. The predicted octanol–water partition coefficient (Wildman–Crippen LogP) is 2.49. The zero-order valence-electron chi connectivity index (χ0n) is 12.9. The number of allylic oxidation sites excluding steroid dienone is 1. The Morgan fingerprint density at radius 2 is 2.10 bits per heavy atom. The highest BCUT2D eigenvalue weighted by Gasteiger charge is 2.50. The Balaban J connectivity index is 2.48. The van der Waals surface area contributed by atoms with Gasteiger partial charge in [0.15, 0.2) is 0 Å². The maximum Gasteiger partial charge on any atom is 0.306 e. The van der Waals surface area contributed by atoms with E-state index < -0.39 is 0 Å². The summed E-state index contributed by atoms with van der Waals surface area (Å²) in [6.07, 6.45) is 6.45. The first-order chi connectivity index (χ1) is 10.0. The average Bonchev–Trinajstić information content (AvgIpc) is 3.26. The quantitative estimate of drug-likeness (QED) is 0.269. The summed E-state index contributed by atoms with van der Waals surface area (Å²) in [5, 5.41) is 1.22. The number of carbonyl (C=O) groups is 2. The van der Waals surface area contributed by atoms with Gasteiger partial charge >= 0.3 is 5.97 Å². The number of esters is 1. The molecule has 1 fully saturated rings. The van der Waals surface area contributed by atoms with Crippen molar-refractivity contribution in [3.63, 3.8) is 0 Å². The monoisotopic (exact) mass is 295 g/mol. The summed E-state index contributed by atoms with van der Waals surface area (Å²) in [7, 11) is 3.04. The summed E-state index contributed by atoms with van der Waals surface area (Å²) >= 11 is 0. The van der Waals surface area contributed by atoms with Gasteiger partial charge in [-0.25, -0.2) is 5.06 Å². The van der Waals surface area contributed by atoms with Crippen LogP contribution in [0.1, 0.15) is 32.1 Å². The molecule has 5 nitrogen and oxygen atoms in total. The molecule has 0 aliphatic heterocycles. The van der Waals surface area contributed by atoms with Crippen molar-refractivity contribution in [1.29, 1.82) is 0 Å². The molecule has 1 amide bonds. The summed E-state index contributed by atoms with van der Waals surface area (Å²) in [6.45, 7) is 7.31. The number of hydrogen-bond acceptors (Lipinski definition) is 4. The van der Waals surface area contributed by atoms with E-state index >= 15 is 0 Å². The van der Waals surface area contributed by atoms with Crippen LogP contribution in [0.3, 0.4) is 0 Å². The molecular formula is C16H25NO4. The second-order valence-electron chi connectivity index (χ2n) is 5.26. The van der Waals surface area contributed by atoms with Gasteiger partial charge in [-0.2, -0.15) is 0 Å². The second kappa shape index (κ2) is 8.62. The van der Waals surface area contributed by atoms with Gasteiger partial charge in [0.1, 0.15) is 6.10 Å². The zero-order chi connectivity index (χ0) is 15.8. The van der Waals surface area contributed by atoms with E-state index in [4.69, 9.17) is 9.57 Å². The van der Waals surface area contributed by atoms with Crippen LogP contribution in [0, 0.1) is 11.8 Å². The third-order valence-electron chi connectivity index (χ3n) is 3.69. The van der Waals surface area contributed by atoms with Gasteiger partial charge in [-0.1, -0.05) is 12.2 Å². The van der Waals surface area contributed by atoms with Crippen LogP contribution in [0.5, 0.6) is 0 Å². The van der Waals surface area contributed by atoms with Crippen molar-refractivity contribution in [2.45, 2.75) is 38.2 Å². The number of nitrogens with zero attached hydrogens (tertiary/aromatic N) is 1. The van der Waals surface area contributed by atoms with Crippen LogP contribution >= 0.6 is 0 Å². The number of hydroxylamine groups is 2. The van der Waals surface area contributed by atoms with Crippen LogP contribution < -0.4 is 0 Å². The van der Waals surface area contributed by atoms with E-state index in [9.17, 15) is 9.59 Å². The van der Waals surface area contributed by atoms with Gasteiger partial charge in [0.2, 0.25) is 5.91 Å². The highest BCUT2D eigenvalue weighted by molar-refractivity contribution is 5.80. The minimum Gasteiger partial charge on any atom is -0.462 e. The van der Waals surface area contributed by atoms with Crippen molar-refractivity contribution in [2.24, 2.45) is 11.8 Å². The van der Waals surface area contributed by atoms with Crippen LogP contribution in [0.25, 0.3) is 0 Å². The van der Waals surface area contributed by atoms with Crippen molar-refractivity contribution in [2.75, 3.05) is 14.2 Å². The maximum atomic E-state index is 12.0. The van der Waals surface area contributed by atoms with Gasteiger partial charge < -0.3 is 4.74 Å². The fourth-order valence-corrected chi connectivity index (χ4v) is 2.33. The first kappa shape index (κ1) is 17.4. The first-order valence-electron chi connectivity index (χ1n) is 7.28. The Morgan fingerprint density at radius 3 is 2.67 bits per heavy atom. The van der Waals surface area contributed by atoms with E-state index in [0.717, 1.165) is 19.3 Å². The molecule has 0 radical (unpaired) electrons. The van der Waals surface area contributed by atoms with Gasteiger partial charge in [-0.15, -0.1) is 13.2 Å². The van der Waals surface area contributed by atoms with Crippen molar-refractivity contribution in [3.05, 3.63) is 25.3 Å². The third-order valence-corrected chi connectivity index (χ3v) is 3.69. The molecule has 1 aliphatic carbocycles. The molecule has 0 N–H and O–H groups in total. The predicted molar refractivity (Wildman–Crippen MR) is 80.1 cm³/mol. The summed E-state index contributed by atoms with van der Waals surface area (Å²) < 4.78 is 5.50. The first-order valence-corrected chi connectivity index (χ1v) is 7.28. The van der Waals surface area contributed by atoms with Crippen molar-refractivity contribution in [3.8, 4) is 0 Å². The molecule has 0 bridgehead atoms. The Hall–Kier alpha value is -1.62. The second-order valence-corrected chi connectivity index (χ2v) is 5.26. The highest BCUT2D eigenvalue weighted by Crippen LogP contribution is 2.44. The number of ether oxygens (including phenoxy) is 1. The molecule has 1 aliphatic rings. The van der Waals surface area contributed by atoms with Gasteiger partial charge in [-0.3, -0.25) is 14.4 Å². The Bertz CT molecular complexity index is 394. The lowest BCUT2D eigenvalue weighted by Crippen LogP contribution is -2.29. The molecule has 1 rings (SSSR count). The van der Waals surface area contributed by atoms with E-state index in [1.165, 1.54) is 12.2 Å². The highest BCUT2D eigenvalue weighted by atomic mass is 16.7. The summed E-state index contributed by atoms with van der Waals surface area (Å²) in [4.78, 5) is 28.7. The van der Waals surface area contributed by atoms with E-state index in [1.807, 2.05) is 0 Å². The van der Waals surface area contributed by atoms with Gasteiger partial charge in [0, 0.05) is 31.7 Å². The number of unbranched alkanes of at least 4 members (excludes halogenated alkanes) is 1. The smallest absolute Gasteiger partial charge is 0.306 e. The number of hydrogen-bond donors (Lipinski definition) is 0. The summed E-state index contributed by atoms with van der Waals surface area (Å²) in [5.74, 6) is -0.349. The Morgan fingerprint density at radius 1 is 1.38 bits per heavy atom. The molecule has 3 atom stereocenters. The number of carbonyl (C=O) groups excluding carboxylic acids is 2.